The van der Waals surface area contributed by atoms with Crippen molar-refractivity contribution in [3.63, 3.8) is 0 Å². The third kappa shape index (κ3) is 4.16. The normalized spacial score (nSPS) is 12.0. The molecule has 0 aliphatic rings. The zero-order chi connectivity index (χ0) is 15.2. The van der Waals surface area contributed by atoms with Crippen LogP contribution in [0.25, 0.3) is 0 Å². The number of rotatable bonds is 6. The Morgan fingerprint density at radius 1 is 1.24 bits per heavy atom. The number of aliphatic hydroxyl groups excluding tert-OH is 1. The van der Waals surface area contributed by atoms with Crippen LogP contribution in [0.4, 0.5) is 11.8 Å². The quantitative estimate of drug-likeness (QED) is 0.849. The van der Waals surface area contributed by atoms with Crippen LogP contribution in [0.5, 0.6) is 0 Å². The SMILES string of the molecule is Cc1cnc(N[C@H](CO)Cc2ccccc2)nc1N(C)C. The van der Waals surface area contributed by atoms with Crippen LogP contribution in [0.1, 0.15) is 11.1 Å². The fourth-order valence-electron chi connectivity index (χ4n) is 2.20. The summed E-state index contributed by atoms with van der Waals surface area (Å²) in [6.45, 7) is 2.01. The molecule has 112 valence electrons. The van der Waals surface area contributed by atoms with Crippen LogP contribution in [0.3, 0.4) is 0 Å². The van der Waals surface area contributed by atoms with Gasteiger partial charge in [0.15, 0.2) is 0 Å². The van der Waals surface area contributed by atoms with Crippen molar-refractivity contribution in [3.05, 3.63) is 47.7 Å². The van der Waals surface area contributed by atoms with E-state index >= 15 is 0 Å². The Bertz CT molecular complexity index is 572. The Hall–Kier alpha value is -2.14. The molecule has 0 bridgehead atoms. The standard InChI is InChI=1S/C16H22N4O/c1-12-10-17-16(19-15(12)20(2)3)18-14(11-21)9-13-7-5-4-6-8-13/h4-8,10,14,21H,9,11H2,1-3H3,(H,17,18,19)/t14-/m0/s1. The molecule has 5 nitrogen and oxygen atoms in total. The molecule has 1 heterocycles. The first kappa shape index (κ1) is 15.3. The van der Waals surface area contributed by atoms with Crippen LogP contribution in [0, 0.1) is 6.92 Å². The van der Waals surface area contributed by atoms with Crippen molar-refractivity contribution in [1.82, 2.24) is 9.97 Å². The van der Waals surface area contributed by atoms with Crippen LogP contribution in [0.15, 0.2) is 36.5 Å². The van der Waals surface area contributed by atoms with Gasteiger partial charge in [0.05, 0.1) is 12.6 Å². The average Bonchev–Trinajstić information content (AvgIpc) is 2.49. The van der Waals surface area contributed by atoms with Crippen molar-refractivity contribution in [2.45, 2.75) is 19.4 Å². The van der Waals surface area contributed by atoms with E-state index in [4.69, 9.17) is 0 Å². The molecule has 1 aromatic carbocycles. The molecule has 21 heavy (non-hydrogen) atoms. The fourth-order valence-corrected chi connectivity index (χ4v) is 2.20. The highest BCUT2D eigenvalue weighted by atomic mass is 16.3. The molecule has 2 rings (SSSR count). The summed E-state index contributed by atoms with van der Waals surface area (Å²) in [7, 11) is 3.90. The maximum absolute atomic E-state index is 9.55. The Labute approximate surface area is 125 Å². The number of aliphatic hydroxyl groups is 1. The van der Waals surface area contributed by atoms with Crippen LogP contribution in [-0.4, -0.2) is 41.8 Å². The van der Waals surface area contributed by atoms with Crippen molar-refractivity contribution in [3.8, 4) is 0 Å². The maximum atomic E-state index is 9.55. The highest BCUT2D eigenvalue weighted by Crippen LogP contribution is 2.16. The van der Waals surface area contributed by atoms with Crippen molar-refractivity contribution in [2.24, 2.45) is 0 Å². The van der Waals surface area contributed by atoms with Gasteiger partial charge >= 0.3 is 0 Å². The lowest BCUT2D eigenvalue weighted by atomic mass is 10.1. The van der Waals surface area contributed by atoms with E-state index in [9.17, 15) is 5.11 Å². The van der Waals surface area contributed by atoms with Gasteiger partial charge in [-0.15, -0.1) is 0 Å². The van der Waals surface area contributed by atoms with Gasteiger partial charge in [0, 0.05) is 25.9 Å². The molecule has 0 unspecified atom stereocenters. The van der Waals surface area contributed by atoms with Crippen LogP contribution in [-0.2, 0) is 6.42 Å². The molecule has 0 aliphatic carbocycles. The average molecular weight is 286 g/mol. The minimum atomic E-state index is -0.106. The molecule has 0 spiro atoms. The van der Waals surface area contributed by atoms with Gasteiger partial charge in [-0.1, -0.05) is 30.3 Å². The zero-order valence-corrected chi connectivity index (χ0v) is 12.7. The summed E-state index contributed by atoms with van der Waals surface area (Å²) in [6.07, 6.45) is 2.52. The Morgan fingerprint density at radius 3 is 2.57 bits per heavy atom. The summed E-state index contributed by atoms with van der Waals surface area (Å²) in [5.41, 5.74) is 2.19. The van der Waals surface area contributed by atoms with Gasteiger partial charge in [-0.3, -0.25) is 0 Å². The predicted molar refractivity (Wildman–Crippen MR) is 85.7 cm³/mol. The molecule has 1 atom stereocenters. The number of hydrogen-bond acceptors (Lipinski definition) is 5. The summed E-state index contributed by atoms with van der Waals surface area (Å²) >= 11 is 0. The number of nitrogens with zero attached hydrogens (tertiary/aromatic N) is 3. The van der Waals surface area contributed by atoms with E-state index in [1.807, 2.05) is 56.3 Å². The second kappa shape index (κ2) is 7.04. The van der Waals surface area contributed by atoms with E-state index in [1.165, 1.54) is 5.56 Å². The second-order valence-electron chi connectivity index (χ2n) is 5.31. The lowest BCUT2D eigenvalue weighted by molar-refractivity contribution is 0.273. The largest absolute Gasteiger partial charge is 0.394 e. The first-order chi connectivity index (χ1) is 10.1. The molecule has 0 saturated heterocycles. The fraction of sp³-hybridized carbons (Fsp3) is 0.375. The van der Waals surface area contributed by atoms with E-state index in [1.54, 1.807) is 6.20 Å². The highest BCUT2D eigenvalue weighted by Gasteiger charge is 2.12. The van der Waals surface area contributed by atoms with Crippen molar-refractivity contribution >= 4 is 11.8 Å². The molecule has 2 N–H and O–H groups in total. The molecule has 0 fully saturated rings. The van der Waals surface area contributed by atoms with Gasteiger partial charge in [0.25, 0.3) is 0 Å². The molecular weight excluding hydrogens is 264 g/mol. The molecule has 1 aromatic heterocycles. The van der Waals surface area contributed by atoms with Gasteiger partial charge in [-0.25, -0.2) is 4.98 Å². The van der Waals surface area contributed by atoms with Crippen molar-refractivity contribution in [1.29, 1.82) is 0 Å². The van der Waals surface area contributed by atoms with Gasteiger partial charge in [0.2, 0.25) is 5.95 Å². The number of hydrogen-bond donors (Lipinski definition) is 2. The van der Waals surface area contributed by atoms with Crippen LogP contribution < -0.4 is 10.2 Å². The van der Waals surface area contributed by atoms with E-state index in [-0.39, 0.29) is 12.6 Å². The molecular formula is C16H22N4O. The Morgan fingerprint density at radius 2 is 1.95 bits per heavy atom. The molecule has 2 aromatic rings. The predicted octanol–water partition coefficient (Wildman–Crippen LogP) is 1.87. The minimum absolute atomic E-state index is 0.0312. The highest BCUT2D eigenvalue weighted by molar-refractivity contribution is 5.47. The molecule has 0 amide bonds. The summed E-state index contributed by atoms with van der Waals surface area (Å²) in [4.78, 5) is 10.7. The molecule has 0 aliphatic heterocycles. The third-order valence-corrected chi connectivity index (χ3v) is 3.25. The molecule has 0 radical (unpaired) electrons. The lowest BCUT2D eigenvalue weighted by Gasteiger charge is -2.19. The molecule has 0 saturated carbocycles. The van der Waals surface area contributed by atoms with Gasteiger partial charge < -0.3 is 15.3 Å². The molecule has 5 heteroatoms. The minimum Gasteiger partial charge on any atom is -0.394 e. The summed E-state index contributed by atoms with van der Waals surface area (Å²) in [6, 6.07) is 9.96. The van der Waals surface area contributed by atoms with Gasteiger partial charge in [-0.2, -0.15) is 4.98 Å². The third-order valence-electron chi connectivity index (χ3n) is 3.25. The number of aromatic nitrogens is 2. The van der Waals surface area contributed by atoms with Gasteiger partial charge in [-0.05, 0) is 18.9 Å². The smallest absolute Gasteiger partial charge is 0.224 e. The Kier molecular flexibility index (Phi) is 5.11. The first-order valence-corrected chi connectivity index (χ1v) is 7.02. The summed E-state index contributed by atoms with van der Waals surface area (Å²) in [5.74, 6) is 1.42. The Balaban J connectivity index is 2.10. The van der Waals surface area contributed by atoms with E-state index in [0.29, 0.717) is 5.95 Å². The van der Waals surface area contributed by atoms with E-state index in [0.717, 1.165) is 17.8 Å². The zero-order valence-electron chi connectivity index (χ0n) is 12.7. The lowest BCUT2D eigenvalue weighted by Crippen LogP contribution is -2.28. The summed E-state index contributed by atoms with van der Waals surface area (Å²) < 4.78 is 0. The number of benzene rings is 1. The summed E-state index contributed by atoms with van der Waals surface area (Å²) in [5, 5.41) is 12.8. The van der Waals surface area contributed by atoms with E-state index < -0.39 is 0 Å². The van der Waals surface area contributed by atoms with Crippen LogP contribution >= 0.6 is 0 Å². The first-order valence-electron chi connectivity index (χ1n) is 7.02. The van der Waals surface area contributed by atoms with Crippen molar-refractivity contribution < 1.29 is 5.11 Å². The van der Waals surface area contributed by atoms with E-state index in [2.05, 4.69) is 15.3 Å². The maximum Gasteiger partial charge on any atom is 0.224 e. The topological polar surface area (TPSA) is 61.3 Å². The number of nitrogens with one attached hydrogen (secondary N) is 1. The second-order valence-corrected chi connectivity index (χ2v) is 5.31. The number of anilines is 2. The van der Waals surface area contributed by atoms with Crippen molar-refractivity contribution in [2.75, 3.05) is 30.9 Å². The number of aryl methyl sites for hydroxylation is 1. The van der Waals surface area contributed by atoms with Gasteiger partial charge in [0.1, 0.15) is 5.82 Å². The monoisotopic (exact) mass is 286 g/mol. The van der Waals surface area contributed by atoms with Crippen LogP contribution in [0.2, 0.25) is 0 Å².